The fourth-order valence-electron chi connectivity index (χ4n) is 1.81. The minimum absolute atomic E-state index is 0.436. The molecule has 0 radical (unpaired) electrons. The van der Waals surface area contributed by atoms with Crippen LogP contribution in [0.5, 0.6) is 0 Å². The molecule has 0 N–H and O–H groups in total. The summed E-state index contributed by atoms with van der Waals surface area (Å²) in [5, 5.41) is 0.436. The summed E-state index contributed by atoms with van der Waals surface area (Å²) in [7, 11) is 6.13. The third-order valence-corrected chi connectivity index (χ3v) is 6.17. The van der Waals surface area contributed by atoms with Gasteiger partial charge in [0.15, 0.2) is 0 Å². The van der Waals surface area contributed by atoms with Crippen molar-refractivity contribution in [2.24, 2.45) is 0 Å². The van der Waals surface area contributed by atoms with Crippen molar-refractivity contribution in [1.29, 1.82) is 0 Å². The Hall–Kier alpha value is -0.120. The average molecular weight is 298 g/mol. The zero-order valence-electron chi connectivity index (χ0n) is 13.0. The SMILES string of the molecule is CCSSC(c1ccc(C(C)C)cc1)N(C)C(C)C. The van der Waals surface area contributed by atoms with Gasteiger partial charge in [-0.05, 0) is 37.9 Å². The van der Waals surface area contributed by atoms with Crippen molar-refractivity contribution in [3.05, 3.63) is 35.4 Å². The van der Waals surface area contributed by atoms with Crippen molar-refractivity contribution in [3.63, 3.8) is 0 Å². The second-order valence-corrected chi connectivity index (χ2v) is 8.17. The summed E-state index contributed by atoms with van der Waals surface area (Å²) < 4.78 is 0. The zero-order chi connectivity index (χ0) is 14.4. The Bertz CT molecular complexity index is 360. The minimum atomic E-state index is 0.436. The molecular formula is C16H27NS2. The molecule has 0 saturated carbocycles. The zero-order valence-corrected chi connectivity index (χ0v) is 14.6. The Kier molecular flexibility index (Phi) is 7.33. The summed E-state index contributed by atoms with van der Waals surface area (Å²) >= 11 is 0. The first-order valence-electron chi connectivity index (χ1n) is 7.07. The largest absolute Gasteiger partial charge is 0.288 e. The molecule has 0 amide bonds. The molecule has 0 aromatic heterocycles. The first-order valence-corrected chi connectivity index (χ1v) is 9.45. The van der Waals surface area contributed by atoms with E-state index >= 15 is 0 Å². The fraction of sp³-hybridized carbons (Fsp3) is 0.625. The van der Waals surface area contributed by atoms with Crippen LogP contribution in [-0.4, -0.2) is 23.7 Å². The van der Waals surface area contributed by atoms with Crippen LogP contribution in [0.25, 0.3) is 0 Å². The normalized spacial score (nSPS) is 13.5. The molecular weight excluding hydrogens is 270 g/mol. The Morgan fingerprint density at radius 1 is 1.00 bits per heavy atom. The quantitative estimate of drug-likeness (QED) is 0.480. The van der Waals surface area contributed by atoms with E-state index in [4.69, 9.17) is 0 Å². The Labute approximate surface area is 126 Å². The number of benzene rings is 1. The Morgan fingerprint density at radius 2 is 1.53 bits per heavy atom. The van der Waals surface area contributed by atoms with E-state index in [1.807, 2.05) is 21.6 Å². The molecule has 1 nitrogen and oxygen atoms in total. The van der Waals surface area contributed by atoms with Gasteiger partial charge < -0.3 is 0 Å². The van der Waals surface area contributed by atoms with E-state index in [1.54, 1.807) is 0 Å². The van der Waals surface area contributed by atoms with Crippen molar-refractivity contribution in [2.45, 2.75) is 52.0 Å². The molecule has 0 saturated heterocycles. The fourth-order valence-corrected chi connectivity index (χ4v) is 4.26. The molecule has 1 atom stereocenters. The third-order valence-electron chi connectivity index (χ3n) is 3.35. The van der Waals surface area contributed by atoms with Gasteiger partial charge in [-0.25, -0.2) is 0 Å². The van der Waals surface area contributed by atoms with E-state index in [0.717, 1.165) is 5.75 Å². The van der Waals surface area contributed by atoms with Crippen LogP contribution in [0, 0.1) is 0 Å². The number of nitrogens with zero attached hydrogens (tertiary/aromatic N) is 1. The lowest BCUT2D eigenvalue weighted by Gasteiger charge is -2.30. The highest BCUT2D eigenvalue weighted by Crippen LogP contribution is 2.40. The maximum Gasteiger partial charge on any atom is 0.0917 e. The van der Waals surface area contributed by atoms with Crippen LogP contribution in [-0.2, 0) is 0 Å². The molecule has 1 unspecified atom stereocenters. The lowest BCUT2D eigenvalue weighted by Crippen LogP contribution is -2.29. The van der Waals surface area contributed by atoms with Crippen LogP contribution in [0.4, 0.5) is 0 Å². The second-order valence-electron chi connectivity index (χ2n) is 5.44. The van der Waals surface area contributed by atoms with Gasteiger partial charge in [-0.2, -0.15) is 0 Å². The first kappa shape index (κ1) is 16.9. The van der Waals surface area contributed by atoms with Crippen LogP contribution in [0.1, 0.15) is 57.0 Å². The van der Waals surface area contributed by atoms with Crippen LogP contribution in [0.15, 0.2) is 24.3 Å². The topological polar surface area (TPSA) is 3.24 Å². The lowest BCUT2D eigenvalue weighted by atomic mass is 10.0. The summed E-state index contributed by atoms with van der Waals surface area (Å²) in [6.07, 6.45) is 0. The van der Waals surface area contributed by atoms with Crippen molar-refractivity contribution < 1.29 is 0 Å². The predicted molar refractivity (Wildman–Crippen MR) is 91.9 cm³/mol. The van der Waals surface area contributed by atoms with Gasteiger partial charge in [0.1, 0.15) is 0 Å². The molecule has 0 bridgehead atoms. The van der Waals surface area contributed by atoms with E-state index in [2.05, 4.69) is 70.8 Å². The summed E-state index contributed by atoms with van der Waals surface area (Å²) in [5.41, 5.74) is 2.83. The molecule has 108 valence electrons. The van der Waals surface area contributed by atoms with Crippen molar-refractivity contribution in [1.82, 2.24) is 4.90 Å². The van der Waals surface area contributed by atoms with Gasteiger partial charge >= 0.3 is 0 Å². The Balaban J connectivity index is 2.90. The molecule has 3 heteroatoms. The molecule has 0 fully saturated rings. The van der Waals surface area contributed by atoms with Gasteiger partial charge in [-0.3, -0.25) is 4.90 Å². The molecule has 1 rings (SSSR count). The maximum atomic E-state index is 2.44. The average Bonchev–Trinajstić information content (AvgIpc) is 2.39. The van der Waals surface area contributed by atoms with E-state index in [-0.39, 0.29) is 0 Å². The van der Waals surface area contributed by atoms with Crippen molar-refractivity contribution in [3.8, 4) is 0 Å². The van der Waals surface area contributed by atoms with Gasteiger partial charge in [0, 0.05) is 11.8 Å². The number of hydrogen-bond donors (Lipinski definition) is 0. The molecule has 0 aliphatic rings. The monoisotopic (exact) mass is 297 g/mol. The molecule has 1 aromatic rings. The summed E-state index contributed by atoms with van der Waals surface area (Å²) in [6.45, 7) is 11.2. The smallest absolute Gasteiger partial charge is 0.0917 e. The van der Waals surface area contributed by atoms with Crippen molar-refractivity contribution >= 4 is 21.6 Å². The molecule has 1 aromatic carbocycles. The van der Waals surface area contributed by atoms with Crippen LogP contribution < -0.4 is 0 Å². The number of hydrogen-bond acceptors (Lipinski definition) is 3. The highest BCUT2D eigenvalue weighted by Gasteiger charge is 2.20. The van der Waals surface area contributed by atoms with Crippen LogP contribution >= 0.6 is 21.6 Å². The van der Waals surface area contributed by atoms with E-state index < -0.39 is 0 Å². The minimum Gasteiger partial charge on any atom is -0.288 e. The molecule has 0 spiro atoms. The summed E-state index contributed by atoms with van der Waals surface area (Å²) in [5.74, 6) is 1.75. The van der Waals surface area contributed by atoms with E-state index in [9.17, 15) is 0 Å². The van der Waals surface area contributed by atoms with Gasteiger partial charge in [-0.1, -0.05) is 66.6 Å². The Morgan fingerprint density at radius 3 is 1.95 bits per heavy atom. The van der Waals surface area contributed by atoms with E-state index in [0.29, 0.717) is 17.3 Å². The van der Waals surface area contributed by atoms with Gasteiger partial charge in [0.25, 0.3) is 0 Å². The van der Waals surface area contributed by atoms with Gasteiger partial charge in [0.2, 0.25) is 0 Å². The number of rotatable bonds is 7. The second kappa shape index (κ2) is 8.23. The first-order chi connectivity index (χ1) is 8.97. The van der Waals surface area contributed by atoms with Crippen LogP contribution in [0.3, 0.4) is 0 Å². The molecule has 19 heavy (non-hydrogen) atoms. The summed E-state index contributed by atoms with van der Waals surface area (Å²) in [4.78, 5) is 2.44. The third kappa shape index (κ3) is 5.05. The molecule has 0 aliphatic carbocycles. The maximum absolute atomic E-state index is 2.44. The predicted octanol–water partition coefficient (Wildman–Crippen LogP) is 5.55. The summed E-state index contributed by atoms with van der Waals surface area (Å²) in [6, 6.07) is 9.70. The van der Waals surface area contributed by atoms with Crippen LogP contribution in [0.2, 0.25) is 0 Å². The van der Waals surface area contributed by atoms with Crippen molar-refractivity contribution in [2.75, 3.05) is 12.8 Å². The lowest BCUT2D eigenvalue weighted by molar-refractivity contribution is 0.259. The standard InChI is InChI=1S/C16H27NS2/c1-7-18-19-16(17(6)13(4)5)15-10-8-14(9-11-15)12(2)3/h8-13,16H,7H2,1-6H3. The van der Waals surface area contributed by atoms with Gasteiger partial charge in [-0.15, -0.1) is 0 Å². The van der Waals surface area contributed by atoms with Gasteiger partial charge in [0.05, 0.1) is 5.37 Å². The highest BCUT2D eigenvalue weighted by atomic mass is 33.1. The van der Waals surface area contributed by atoms with E-state index in [1.165, 1.54) is 11.1 Å². The molecule has 0 aliphatic heterocycles. The molecule has 0 heterocycles. The highest BCUT2D eigenvalue weighted by molar-refractivity contribution is 8.76.